The van der Waals surface area contributed by atoms with E-state index in [1.165, 1.54) is 12.5 Å². The molecule has 0 N–H and O–H groups in total. The first-order chi connectivity index (χ1) is 11.2. The van der Waals surface area contributed by atoms with Crippen LogP contribution in [0.15, 0.2) is 24.3 Å². The number of benzene rings is 1. The average molecular weight is 330 g/mol. The molecule has 1 saturated heterocycles. The molecular weight excluding hydrogens is 300 g/mol. The van der Waals surface area contributed by atoms with E-state index in [1.807, 2.05) is 29.2 Å². The van der Waals surface area contributed by atoms with Gasteiger partial charge >= 0.3 is 0 Å². The quantitative estimate of drug-likeness (QED) is 0.850. The van der Waals surface area contributed by atoms with E-state index in [4.69, 9.17) is 0 Å². The summed E-state index contributed by atoms with van der Waals surface area (Å²) in [5.41, 5.74) is 2.07. The number of hydrogen-bond donors (Lipinski definition) is 0. The lowest BCUT2D eigenvalue weighted by Gasteiger charge is -2.32. The molecule has 0 radical (unpaired) electrons. The van der Waals surface area contributed by atoms with Crippen LogP contribution >= 0.6 is 0 Å². The van der Waals surface area contributed by atoms with Gasteiger partial charge in [0.2, 0.25) is 11.8 Å². The molecule has 2 rings (SSSR count). The highest BCUT2D eigenvalue weighted by atomic mass is 16.2. The Morgan fingerprint density at radius 2 is 1.67 bits per heavy atom. The number of anilines is 1. The average Bonchev–Trinajstić information content (AvgIpc) is 2.52. The molecule has 1 fully saturated rings. The van der Waals surface area contributed by atoms with E-state index in [9.17, 15) is 9.59 Å². The summed E-state index contributed by atoms with van der Waals surface area (Å²) in [6.07, 6.45) is 2.10. The van der Waals surface area contributed by atoms with Gasteiger partial charge in [0.15, 0.2) is 0 Å². The van der Waals surface area contributed by atoms with Gasteiger partial charge in [-0.3, -0.25) is 9.59 Å². The zero-order valence-electron chi connectivity index (χ0n) is 15.6. The van der Waals surface area contributed by atoms with Gasteiger partial charge in [-0.05, 0) is 41.9 Å². The Balaban J connectivity index is 2.09. The van der Waals surface area contributed by atoms with Gasteiger partial charge in [0.05, 0.1) is 0 Å². The van der Waals surface area contributed by atoms with Gasteiger partial charge in [-0.2, -0.15) is 0 Å². The Morgan fingerprint density at radius 3 is 2.12 bits per heavy atom. The molecule has 24 heavy (non-hydrogen) atoms. The van der Waals surface area contributed by atoms with Crippen LogP contribution in [0.3, 0.4) is 0 Å². The Bertz CT molecular complexity index is 579. The number of amides is 2. The predicted molar refractivity (Wildman–Crippen MR) is 98.1 cm³/mol. The lowest BCUT2D eigenvalue weighted by molar-refractivity contribution is -0.132. The van der Waals surface area contributed by atoms with Crippen LogP contribution in [0, 0.1) is 5.92 Å². The van der Waals surface area contributed by atoms with Crippen molar-refractivity contribution in [3.05, 3.63) is 29.8 Å². The van der Waals surface area contributed by atoms with Crippen LogP contribution in [-0.2, 0) is 15.0 Å². The van der Waals surface area contributed by atoms with E-state index in [-0.39, 0.29) is 23.8 Å². The van der Waals surface area contributed by atoms with Crippen LogP contribution in [0.4, 0.5) is 5.69 Å². The van der Waals surface area contributed by atoms with Gasteiger partial charge in [0.25, 0.3) is 0 Å². The van der Waals surface area contributed by atoms with Gasteiger partial charge in [0.1, 0.15) is 6.54 Å². The monoisotopic (exact) mass is 330 g/mol. The second kappa shape index (κ2) is 7.37. The number of rotatable bonds is 3. The van der Waals surface area contributed by atoms with Crippen LogP contribution in [-0.4, -0.2) is 36.3 Å². The van der Waals surface area contributed by atoms with Crippen molar-refractivity contribution in [2.24, 2.45) is 5.92 Å². The first-order valence-electron chi connectivity index (χ1n) is 8.85. The molecule has 0 aromatic heterocycles. The van der Waals surface area contributed by atoms with Crippen LogP contribution < -0.4 is 4.90 Å². The zero-order chi connectivity index (χ0) is 17.9. The largest absolute Gasteiger partial charge is 0.341 e. The van der Waals surface area contributed by atoms with Crippen LogP contribution in [0.2, 0.25) is 0 Å². The summed E-state index contributed by atoms with van der Waals surface area (Å²) in [5.74, 6) is 0.622. The molecule has 1 aliphatic rings. The second-order valence-electron chi connectivity index (χ2n) is 7.97. The first kappa shape index (κ1) is 18.5. The van der Waals surface area contributed by atoms with Gasteiger partial charge < -0.3 is 9.80 Å². The van der Waals surface area contributed by atoms with Crippen molar-refractivity contribution in [1.82, 2.24) is 4.90 Å². The van der Waals surface area contributed by atoms with E-state index in [2.05, 4.69) is 27.7 Å². The van der Waals surface area contributed by atoms with E-state index in [1.54, 1.807) is 4.90 Å². The molecule has 1 aromatic rings. The molecule has 1 heterocycles. The number of piperidine rings is 1. The minimum Gasteiger partial charge on any atom is -0.341 e. The normalized spacial score (nSPS) is 16.1. The molecule has 4 nitrogen and oxygen atoms in total. The molecule has 1 aliphatic heterocycles. The van der Waals surface area contributed by atoms with E-state index in [0.717, 1.165) is 31.6 Å². The molecule has 0 saturated carbocycles. The molecule has 132 valence electrons. The van der Waals surface area contributed by atoms with Gasteiger partial charge in [-0.25, -0.2) is 0 Å². The van der Waals surface area contributed by atoms with Crippen molar-refractivity contribution in [3.63, 3.8) is 0 Å². The number of hydrogen-bond acceptors (Lipinski definition) is 2. The standard InChI is InChI=1S/C20H30N2O2/c1-15-10-12-21(13-11-15)19(24)14-22(16(2)23)18-8-6-17(7-9-18)20(3,4)5/h6-9,15H,10-14H2,1-5H3. The van der Waals surface area contributed by atoms with Crippen molar-refractivity contribution < 1.29 is 9.59 Å². The number of carbonyl (C=O) groups excluding carboxylic acids is 2. The summed E-state index contributed by atoms with van der Waals surface area (Å²) >= 11 is 0. The van der Waals surface area contributed by atoms with Crippen LogP contribution in [0.25, 0.3) is 0 Å². The highest BCUT2D eigenvalue weighted by molar-refractivity contribution is 5.97. The summed E-state index contributed by atoms with van der Waals surface area (Å²) in [4.78, 5) is 28.1. The third kappa shape index (κ3) is 4.59. The van der Waals surface area contributed by atoms with Gasteiger partial charge in [0, 0.05) is 25.7 Å². The molecule has 0 aliphatic carbocycles. The summed E-state index contributed by atoms with van der Waals surface area (Å²) in [6.45, 7) is 11.9. The minimum atomic E-state index is -0.0998. The smallest absolute Gasteiger partial charge is 0.242 e. The molecular formula is C20H30N2O2. The number of nitrogens with zero attached hydrogens (tertiary/aromatic N) is 2. The maximum Gasteiger partial charge on any atom is 0.242 e. The lowest BCUT2D eigenvalue weighted by atomic mass is 9.87. The molecule has 0 atom stereocenters. The lowest BCUT2D eigenvalue weighted by Crippen LogP contribution is -2.45. The molecule has 2 amide bonds. The Labute approximate surface area is 145 Å². The SMILES string of the molecule is CC(=O)N(CC(=O)N1CCC(C)CC1)c1ccc(C(C)(C)C)cc1. The molecule has 0 bridgehead atoms. The Kier molecular flexibility index (Phi) is 5.68. The van der Waals surface area contributed by atoms with E-state index >= 15 is 0 Å². The Morgan fingerprint density at radius 1 is 1.12 bits per heavy atom. The number of likely N-dealkylation sites (tertiary alicyclic amines) is 1. The molecule has 1 aromatic carbocycles. The van der Waals surface area contributed by atoms with E-state index < -0.39 is 0 Å². The van der Waals surface area contributed by atoms with Gasteiger partial charge in [-0.15, -0.1) is 0 Å². The fraction of sp³-hybridized carbons (Fsp3) is 0.600. The fourth-order valence-electron chi connectivity index (χ4n) is 3.02. The summed E-state index contributed by atoms with van der Waals surface area (Å²) in [6, 6.07) is 7.96. The Hall–Kier alpha value is -1.84. The van der Waals surface area contributed by atoms with E-state index in [0.29, 0.717) is 5.92 Å². The summed E-state index contributed by atoms with van der Waals surface area (Å²) in [5, 5.41) is 0. The van der Waals surface area contributed by atoms with Crippen molar-refractivity contribution in [2.75, 3.05) is 24.5 Å². The molecule has 0 spiro atoms. The van der Waals surface area contributed by atoms with Crippen molar-refractivity contribution in [1.29, 1.82) is 0 Å². The summed E-state index contributed by atoms with van der Waals surface area (Å²) < 4.78 is 0. The van der Waals surface area contributed by atoms with Crippen LogP contribution in [0.5, 0.6) is 0 Å². The first-order valence-corrected chi connectivity index (χ1v) is 8.85. The highest BCUT2D eigenvalue weighted by Gasteiger charge is 2.24. The maximum atomic E-state index is 12.6. The minimum absolute atomic E-state index is 0.0389. The highest BCUT2D eigenvalue weighted by Crippen LogP contribution is 2.25. The number of carbonyl (C=O) groups is 2. The van der Waals surface area contributed by atoms with Crippen molar-refractivity contribution in [3.8, 4) is 0 Å². The van der Waals surface area contributed by atoms with Crippen molar-refractivity contribution >= 4 is 17.5 Å². The third-order valence-electron chi connectivity index (χ3n) is 4.85. The topological polar surface area (TPSA) is 40.6 Å². The van der Waals surface area contributed by atoms with Crippen LogP contribution in [0.1, 0.15) is 53.0 Å². The summed E-state index contributed by atoms with van der Waals surface area (Å²) in [7, 11) is 0. The predicted octanol–water partition coefficient (Wildman–Crippen LogP) is 3.60. The second-order valence-corrected chi connectivity index (χ2v) is 7.97. The maximum absolute atomic E-state index is 12.6. The fourth-order valence-corrected chi connectivity index (χ4v) is 3.02. The third-order valence-corrected chi connectivity index (χ3v) is 4.85. The molecule has 0 unspecified atom stereocenters. The zero-order valence-corrected chi connectivity index (χ0v) is 15.6. The molecule has 4 heteroatoms. The van der Waals surface area contributed by atoms with Crippen molar-refractivity contribution in [2.45, 2.75) is 52.9 Å². The van der Waals surface area contributed by atoms with Gasteiger partial charge in [-0.1, -0.05) is 39.8 Å².